The van der Waals surface area contributed by atoms with Crippen molar-refractivity contribution in [2.24, 2.45) is 0 Å². The Morgan fingerprint density at radius 1 is 0.292 bits per heavy atom. The van der Waals surface area contributed by atoms with Crippen molar-refractivity contribution in [2.75, 3.05) is 4.90 Å². The number of hydrogen-bond acceptors (Lipinski definition) is 2. The van der Waals surface area contributed by atoms with E-state index >= 15 is 0 Å². The first-order chi connectivity index (χ1) is 32.2. The molecule has 2 aliphatic carbocycles. The van der Waals surface area contributed by atoms with Gasteiger partial charge in [0.05, 0.1) is 5.41 Å². The van der Waals surface area contributed by atoms with E-state index < -0.39 is 5.41 Å². The summed E-state index contributed by atoms with van der Waals surface area (Å²) in [7, 11) is 0. The van der Waals surface area contributed by atoms with E-state index in [0.29, 0.717) is 0 Å². The van der Waals surface area contributed by atoms with Crippen molar-refractivity contribution in [1.29, 1.82) is 0 Å². The molecule has 1 heterocycles. The van der Waals surface area contributed by atoms with Gasteiger partial charge in [0.2, 0.25) is 0 Å². The summed E-state index contributed by atoms with van der Waals surface area (Å²) in [5.41, 5.74) is 18.6. The second-order valence-electron chi connectivity index (χ2n) is 17.6. The molecule has 0 aliphatic heterocycles. The highest BCUT2D eigenvalue weighted by atomic mass is 32.1. The summed E-state index contributed by atoms with van der Waals surface area (Å²) in [6.45, 7) is 0. The van der Waals surface area contributed by atoms with E-state index in [1.807, 2.05) is 11.3 Å². The molecular weight excluding hydrogens is 803 g/mol. The molecule has 0 saturated heterocycles. The molecule has 1 nitrogen and oxygen atoms in total. The molecule has 0 atom stereocenters. The van der Waals surface area contributed by atoms with Crippen LogP contribution in [0.1, 0.15) is 22.3 Å². The largest absolute Gasteiger partial charge is 0.310 e. The second-order valence-corrected chi connectivity index (χ2v) is 18.7. The minimum Gasteiger partial charge on any atom is -0.310 e. The van der Waals surface area contributed by atoms with E-state index in [4.69, 9.17) is 0 Å². The fourth-order valence-electron chi connectivity index (χ4n) is 11.4. The molecule has 12 aromatic rings. The highest BCUT2D eigenvalue weighted by Gasteiger charge is 2.52. The van der Waals surface area contributed by atoms with Gasteiger partial charge in [-0.1, -0.05) is 176 Å². The number of hydrogen-bond donors (Lipinski definition) is 0. The molecular formula is C63H39NS. The SMILES string of the molecule is c1ccc(-c2cccc(N(c3ccc4ccccc4c3)c3ccc4sc5ccc(-c6ccc7c(c6)-c6ccc8ccccc8c6C76c7ccccc7-c7ccccc76)cc5c4c3)c2)cc1. The predicted molar refractivity (Wildman–Crippen MR) is 276 cm³/mol. The van der Waals surface area contributed by atoms with Gasteiger partial charge in [-0.15, -0.1) is 11.3 Å². The van der Waals surface area contributed by atoms with Gasteiger partial charge in [0.1, 0.15) is 0 Å². The Labute approximate surface area is 381 Å². The van der Waals surface area contributed by atoms with Crippen LogP contribution < -0.4 is 4.90 Å². The van der Waals surface area contributed by atoms with Gasteiger partial charge in [-0.2, -0.15) is 0 Å². The third kappa shape index (κ3) is 5.32. The average Bonchev–Trinajstić information content (AvgIpc) is 4.00. The Bertz CT molecular complexity index is 3870. The molecule has 0 saturated carbocycles. The summed E-state index contributed by atoms with van der Waals surface area (Å²) < 4.78 is 2.58. The Hall–Kier alpha value is -8.04. The maximum absolute atomic E-state index is 2.48. The zero-order valence-electron chi connectivity index (χ0n) is 35.4. The normalized spacial score (nSPS) is 13.0. The molecule has 2 aliphatic rings. The van der Waals surface area contributed by atoms with E-state index in [1.165, 1.54) is 108 Å². The fourth-order valence-corrected chi connectivity index (χ4v) is 12.5. The lowest BCUT2D eigenvalue weighted by Crippen LogP contribution is -2.26. The highest BCUT2D eigenvalue weighted by molar-refractivity contribution is 7.25. The molecule has 0 fully saturated rings. The van der Waals surface area contributed by atoms with Crippen LogP contribution in [0.5, 0.6) is 0 Å². The van der Waals surface area contributed by atoms with E-state index in [1.54, 1.807) is 0 Å². The van der Waals surface area contributed by atoms with Crippen LogP contribution in [0.3, 0.4) is 0 Å². The molecule has 1 spiro atoms. The zero-order chi connectivity index (χ0) is 42.6. The molecule has 0 N–H and O–H groups in total. The van der Waals surface area contributed by atoms with Gasteiger partial charge in [0.15, 0.2) is 0 Å². The maximum Gasteiger partial charge on any atom is 0.0731 e. The smallest absolute Gasteiger partial charge is 0.0731 e. The maximum atomic E-state index is 2.48. The predicted octanol–water partition coefficient (Wildman–Crippen LogP) is 17.5. The number of thiophene rings is 1. The summed E-state index contributed by atoms with van der Waals surface area (Å²) >= 11 is 1.87. The third-order valence-corrected chi connectivity index (χ3v) is 15.4. The third-order valence-electron chi connectivity index (χ3n) is 14.2. The number of anilines is 3. The first-order valence-corrected chi connectivity index (χ1v) is 23.3. The van der Waals surface area contributed by atoms with Crippen molar-refractivity contribution in [3.8, 4) is 44.5 Å². The first-order valence-electron chi connectivity index (χ1n) is 22.5. The van der Waals surface area contributed by atoms with E-state index in [-0.39, 0.29) is 0 Å². The first kappa shape index (κ1) is 36.4. The Balaban J connectivity index is 0.940. The molecule has 0 amide bonds. The molecule has 11 aromatic carbocycles. The lowest BCUT2D eigenvalue weighted by molar-refractivity contribution is 0.801. The van der Waals surface area contributed by atoms with Gasteiger partial charge in [-0.25, -0.2) is 0 Å². The second kappa shape index (κ2) is 14.0. The highest BCUT2D eigenvalue weighted by Crippen LogP contribution is 2.64. The van der Waals surface area contributed by atoms with Crippen molar-refractivity contribution < 1.29 is 0 Å². The van der Waals surface area contributed by atoms with Crippen LogP contribution in [0.4, 0.5) is 17.1 Å². The molecule has 0 radical (unpaired) electrons. The van der Waals surface area contributed by atoms with Crippen LogP contribution in [0.25, 0.3) is 86.2 Å². The Morgan fingerprint density at radius 2 is 0.862 bits per heavy atom. The van der Waals surface area contributed by atoms with E-state index in [0.717, 1.165) is 17.1 Å². The van der Waals surface area contributed by atoms with Gasteiger partial charge < -0.3 is 4.90 Å². The molecule has 65 heavy (non-hydrogen) atoms. The molecule has 1 aromatic heterocycles. The van der Waals surface area contributed by atoms with Crippen molar-refractivity contribution in [3.05, 3.63) is 259 Å². The van der Waals surface area contributed by atoms with Crippen LogP contribution in [0, 0.1) is 0 Å². The summed E-state index contributed by atoms with van der Waals surface area (Å²) in [6, 6.07) is 88.3. The van der Waals surface area contributed by atoms with Gasteiger partial charge in [-0.3, -0.25) is 0 Å². The van der Waals surface area contributed by atoms with Gasteiger partial charge >= 0.3 is 0 Å². The van der Waals surface area contributed by atoms with Crippen LogP contribution in [0.15, 0.2) is 237 Å². The van der Waals surface area contributed by atoms with Gasteiger partial charge in [0.25, 0.3) is 0 Å². The molecule has 302 valence electrons. The summed E-state index contributed by atoms with van der Waals surface area (Å²) in [6.07, 6.45) is 0. The quantitative estimate of drug-likeness (QED) is 0.167. The topological polar surface area (TPSA) is 3.24 Å². The van der Waals surface area contributed by atoms with Crippen molar-refractivity contribution in [2.45, 2.75) is 5.41 Å². The molecule has 14 rings (SSSR count). The van der Waals surface area contributed by atoms with Gasteiger partial charge in [0, 0.05) is 37.2 Å². The summed E-state index contributed by atoms with van der Waals surface area (Å²) in [4.78, 5) is 2.42. The van der Waals surface area contributed by atoms with E-state index in [9.17, 15) is 0 Å². The zero-order valence-corrected chi connectivity index (χ0v) is 36.2. The fraction of sp³-hybridized carbons (Fsp3) is 0.0159. The van der Waals surface area contributed by atoms with Gasteiger partial charge in [-0.05, 0) is 149 Å². The lowest BCUT2D eigenvalue weighted by Gasteiger charge is -2.31. The number of fused-ring (bicyclic) bond motifs is 16. The Morgan fingerprint density at radius 3 is 1.69 bits per heavy atom. The summed E-state index contributed by atoms with van der Waals surface area (Å²) in [5, 5.41) is 7.60. The average molecular weight is 842 g/mol. The van der Waals surface area contributed by atoms with Crippen molar-refractivity contribution >= 4 is 70.1 Å². The minimum absolute atomic E-state index is 0.404. The van der Waals surface area contributed by atoms with Crippen LogP contribution >= 0.6 is 11.3 Å². The van der Waals surface area contributed by atoms with Crippen LogP contribution in [-0.4, -0.2) is 0 Å². The minimum atomic E-state index is -0.404. The molecule has 2 heteroatoms. The monoisotopic (exact) mass is 841 g/mol. The van der Waals surface area contributed by atoms with Crippen molar-refractivity contribution in [3.63, 3.8) is 0 Å². The number of nitrogens with zero attached hydrogens (tertiary/aromatic N) is 1. The number of rotatable bonds is 5. The molecule has 0 bridgehead atoms. The van der Waals surface area contributed by atoms with Crippen molar-refractivity contribution in [1.82, 2.24) is 0 Å². The summed E-state index contributed by atoms with van der Waals surface area (Å²) in [5.74, 6) is 0. The van der Waals surface area contributed by atoms with Crippen LogP contribution in [-0.2, 0) is 5.41 Å². The molecule has 0 unspecified atom stereocenters. The Kier molecular flexibility index (Phi) is 7.84. The van der Waals surface area contributed by atoms with Crippen LogP contribution in [0.2, 0.25) is 0 Å². The number of benzene rings is 11. The lowest BCUT2D eigenvalue weighted by atomic mass is 9.69. The van der Waals surface area contributed by atoms with E-state index in [2.05, 4.69) is 241 Å². The standard InChI is InChI=1S/C63H39NS/c1-2-13-40(14-3-1)44-18-12-19-47(35-44)64(48-29-25-41-15-4-5-17-43(41)36-48)49-30-34-61-56(39-49)55-38-46(28-33-60(55)65-61)45-27-32-59-54(37-45)53-31-26-42-16-6-7-20-50(42)62(53)63(59)57-23-10-8-21-51(57)52-22-9-11-24-58(52)63/h1-39H.